The van der Waals surface area contributed by atoms with Crippen LogP contribution in [-0.2, 0) is 6.42 Å². The second kappa shape index (κ2) is 6.96. The number of nitrogens with zero attached hydrogens (tertiary/aromatic N) is 1. The second-order valence-corrected chi connectivity index (χ2v) is 6.34. The Morgan fingerprint density at radius 2 is 1.40 bits per heavy atom. The van der Waals surface area contributed by atoms with Crippen molar-refractivity contribution in [1.29, 1.82) is 0 Å². The first-order valence-corrected chi connectivity index (χ1v) is 8.82. The van der Waals surface area contributed by atoms with E-state index in [1.807, 2.05) is 6.07 Å². The smallest absolute Gasteiger partial charge is 0.0459 e. The summed E-state index contributed by atoms with van der Waals surface area (Å²) in [6.07, 6.45) is 4.13. The van der Waals surface area contributed by atoms with Crippen LogP contribution in [-0.4, -0.2) is 10.9 Å². The Balaban J connectivity index is 1.76. The van der Waals surface area contributed by atoms with Gasteiger partial charge in [-0.15, -0.1) is 0 Å². The molecule has 0 aliphatic carbocycles. The molecular weight excluding hydrogens is 304 g/mol. The molecule has 0 fully saturated rings. The largest absolute Gasteiger partial charge is 0.330 e. The third-order valence-corrected chi connectivity index (χ3v) is 4.71. The minimum atomic E-state index is 0.715. The molecule has 0 atom stereocenters. The number of rotatable bonds is 5. The van der Waals surface area contributed by atoms with Crippen LogP contribution in [0.25, 0.3) is 27.8 Å². The predicted octanol–water partition coefficient (Wildman–Crippen LogP) is 5.16. The molecule has 0 bridgehead atoms. The maximum absolute atomic E-state index is 5.75. The Morgan fingerprint density at radius 3 is 2.16 bits per heavy atom. The van der Waals surface area contributed by atoms with Crippen molar-refractivity contribution < 1.29 is 0 Å². The van der Waals surface area contributed by atoms with E-state index in [4.69, 9.17) is 5.73 Å². The van der Waals surface area contributed by atoms with Gasteiger partial charge in [-0.1, -0.05) is 60.7 Å². The van der Waals surface area contributed by atoms with Gasteiger partial charge in [0, 0.05) is 23.0 Å². The fraction of sp³-hybridized carbons (Fsp3) is 0.130. The van der Waals surface area contributed by atoms with Crippen molar-refractivity contribution in [3.05, 3.63) is 90.8 Å². The summed E-state index contributed by atoms with van der Waals surface area (Å²) in [6, 6.07) is 28.0. The van der Waals surface area contributed by atoms with E-state index < -0.39 is 0 Å². The van der Waals surface area contributed by atoms with Crippen LogP contribution in [0.15, 0.2) is 85.1 Å². The highest BCUT2D eigenvalue weighted by Crippen LogP contribution is 2.30. The van der Waals surface area contributed by atoms with Gasteiger partial charge in [-0.2, -0.15) is 0 Å². The minimum absolute atomic E-state index is 0.715. The monoisotopic (exact) mass is 326 g/mol. The van der Waals surface area contributed by atoms with E-state index in [0.29, 0.717) is 6.54 Å². The summed E-state index contributed by atoms with van der Waals surface area (Å²) in [4.78, 5) is 0. The first-order chi connectivity index (χ1) is 12.4. The van der Waals surface area contributed by atoms with Crippen molar-refractivity contribution in [2.75, 3.05) is 6.54 Å². The van der Waals surface area contributed by atoms with Gasteiger partial charge in [-0.3, -0.25) is 0 Å². The van der Waals surface area contributed by atoms with Gasteiger partial charge in [-0.05, 0) is 54.3 Å². The van der Waals surface area contributed by atoms with E-state index in [2.05, 4.69) is 83.4 Å². The topological polar surface area (TPSA) is 30.4 Å². The highest BCUT2D eigenvalue weighted by atomic mass is 14.9. The Labute approximate surface area is 148 Å². The summed E-state index contributed by atoms with van der Waals surface area (Å²) in [5.74, 6) is 0. The first kappa shape index (κ1) is 15.7. The van der Waals surface area contributed by atoms with Crippen LogP contribution in [0.2, 0.25) is 0 Å². The summed E-state index contributed by atoms with van der Waals surface area (Å²) < 4.78 is 2.29. The summed E-state index contributed by atoms with van der Waals surface area (Å²) >= 11 is 0. The Bertz CT molecular complexity index is 966. The number of fused-ring (bicyclic) bond motifs is 1. The lowest BCUT2D eigenvalue weighted by molar-refractivity contribution is 0.804. The van der Waals surface area contributed by atoms with Gasteiger partial charge in [0.25, 0.3) is 0 Å². The second-order valence-electron chi connectivity index (χ2n) is 6.34. The van der Waals surface area contributed by atoms with Gasteiger partial charge in [-0.25, -0.2) is 0 Å². The average molecular weight is 326 g/mol. The van der Waals surface area contributed by atoms with E-state index in [-0.39, 0.29) is 0 Å². The summed E-state index contributed by atoms with van der Waals surface area (Å²) in [5.41, 5.74) is 13.4. The quantitative estimate of drug-likeness (QED) is 0.539. The standard InChI is InChI=1S/C23H22N2/c24-15-6-10-23-22(17-21-9-4-5-16-25(21)23)20-13-11-19(12-14-20)18-7-2-1-3-8-18/h1-5,7-9,11-14,16-17H,6,10,15,24H2. The molecule has 0 saturated heterocycles. The van der Waals surface area contributed by atoms with E-state index in [9.17, 15) is 0 Å². The lowest BCUT2D eigenvalue weighted by Gasteiger charge is -2.08. The fourth-order valence-electron chi connectivity index (χ4n) is 3.43. The number of pyridine rings is 1. The SMILES string of the molecule is NCCCc1c(-c2ccc(-c3ccccc3)cc2)cc2ccccn12. The number of aromatic nitrogens is 1. The van der Waals surface area contributed by atoms with E-state index >= 15 is 0 Å². The van der Waals surface area contributed by atoms with Crippen molar-refractivity contribution in [2.45, 2.75) is 12.8 Å². The summed E-state index contributed by atoms with van der Waals surface area (Å²) in [6.45, 7) is 0.715. The average Bonchev–Trinajstić information content (AvgIpc) is 3.06. The number of hydrogen-bond donors (Lipinski definition) is 1. The van der Waals surface area contributed by atoms with Crippen LogP contribution in [0.3, 0.4) is 0 Å². The number of hydrogen-bond acceptors (Lipinski definition) is 1. The van der Waals surface area contributed by atoms with Crippen LogP contribution >= 0.6 is 0 Å². The van der Waals surface area contributed by atoms with E-state index in [1.54, 1.807) is 0 Å². The van der Waals surface area contributed by atoms with Crippen LogP contribution < -0.4 is 5.73 Å². The molecule has 0 amide bonds. The molecule has 2 N–H and O–H groups in total. The van der Waals surface area contributed by atoms with Crippen LogP contribution in [0.4, 0.5) is 0 Å². The van der Waals surface area contributed by atoms with E-state index in [0.717, 1.165) is 12.8 Å². The maximum atomic E-state index is 5.75. The number of benzene rings is 2. The molecule has 0 radical (unpaired) electrons. The van der Waals surface area contributed by atoms with Crippen molar-refractivity contribution in [3.63, 3.8) is 0 Å². The van der Waals surface area contributed by atoms with Crippen LogP contribution in [0.5, 0.6) is 0 Å². The van der Waals surface area contributed by atoms with Gasteiger partial charge >= 0.3 is 0 Å². The van der Waals surface area contributed by atoms with Gasteiger partial charge < -0.3 is 10.1 Å². The normalized spacial score (nSPS) is 11.1. The highest BCUT2D eigenvalue weighted by molar-refractivity contribution is 5.76. The number of nitrogens with two attached hydrogens (primary N) is 1. The highest BCUT2D eigenvalue weighted by Gasteiger charge is 2.11. The Morgan fingerprint density at radius 1 is 0.720 bits per heavy atom. The summed E-state index contributed by atoms with van der Waals surface area (Å²) in [7, 11) is 0. The maximum Gasteiger partial charge on any atom is 0.0459 e. The first-order valence-electron chi connectivity index (χ1n) is 8.82. The van der Waals surface area contributed by atoms with Gasteiger partial charge in [0.15, 0.2) is 0 Å². The van der Waals surface area contributed by atoms with Gasteiger partial charge in [0.05, 0.1) is 0 Å². The molecule has 2 aromatic carbocycles. The predicted molar refractivity (Wildman–Crippen MR) is 106 cm³/mol. The zero-order chi connectivity index (χ0) is 17.1. The van der Waals surface area contributed by atoms with E-state index in [1.165, 1.54) is 33.5 Å². The molecule has 25 heavy (non-hydrogen) atoms. The molecule has 0 saturated carbocycles. The molecule has 2 nitrogen and oxygen atoms in total. The molecule has 0 spiro atoms. The molecule has 4 aromatic rings. The van der Waals surface area contributed by atoms with Crippen molar-refractivity contribution in [1.82, 2.24) is 4.40 Å². The lowest BCUT2D eigenvalue weighted by atomic mass is 9.99. The fourth-order valence-corrected chi connectivity index (χ4v) is 3.43. The third-order valence-electron chi connectivity index (χ3n) is 4.71. The third kappa shape index (κ3) is 3.09. The molecule has 0 unspecified atom stereocenters. The molecule has 2 heterocycles. The molecule has 2 aromatic heterocycles. The van der Waals surface area contributed by atoms with Crippen LogP contribution in [0, 0.1) is 0 Å². The Hall–Kier alpha value is -2.84. The van der Waals surface area contributed by atoms with Gasteiger partial charge in [0.1, 0.15) is 0 Å². The Kier molecular flexibility index (Phi) is 4.36. The molecule has 0 aliphatic heterocycles. The molecule has 4 rings (SSSR count). The summed E-state index contributed by atoms with van der Waals surface area (Å²) in [5, 5.41) is 0. The lowest BCUT2D eigenvalue weighted by Crippen LogP contribution is -2.03. The van der Waals surface area contributed by atoms with Crippen molar-refractivity contribution in [2.24, 2.45) is 5.73 Å². The zero-order valence-electron chi connectivity index (χ0n) is 14.2. The molecule has 124 valence electrons. The zero-order valence-corrected chi connectivity index (χ0v) is 14.2. The minimum Gasteiger partial charge on any atom is -0.330 e. The number of aryl methyl sites for hydroxylation is 1. The molecule has 2 heteroatoms. The molecular formula is C23H22N2. The van der Waals surface area contributed by atoms with Crippen LogP contribution in [0.1, 0.15) is 12.1 Å². The van der Waals surface area contributed by atoms with Crippen molar-refractivity contribution in [3.8, 4) is 22.3 Å². The van der Waals surface area contributed by atoms with Gasteiger partial charge in [0.2, 0.25) is 0 Å². The molecule has 0 aliphatic rings. The van der Waals surface area contributed by atoms with Crippen molar-refractivity contribution >= 4 is 5.52 Å².